The van der Waals surface area contributed by atoms with Crippen LogP contribution in [0.1, 0.15) is 41.7 Å². The Morgan fingerprint density at radius 3 is 2.09 bits per heavy atom. The summed E-state index contributed by atoms with van der Waals surface area (Å²) in [6.07, 6.45) is 4.26. The average Bonchev–Trinajstić information content (AvgIpc) is 3.77. The highest BCUT2D eigenvalue weighted by Crippen LogP contribution is 2.22. The number of aryl methyl sites for hydroxylation is 1. The molecule has 5 rings (SSSR count). The maximum absolute atomic E-state index is 13.9. The van der Waals surface area contributed by atoms with Gasteiger partial charge in [0.05, 0.1) is 17.7 Å². The van der Waals surface area contributed by atoms with Crippen molar-refractivity contribution in [3.8, 4) is 0 Å². The van der Waals surface area contributed by atoms with Gasteiger partial charge in [-0.2, -0.15) is 4.31 Å². The Kier molecular flexibility index (Phi) is 10.1. The topological polar surface area (TPSA) is 99.9 Å². The van der Waals surface area contributed by atoms with Crippen LogP contribution in [-0.4, -0.2) is 48.6 Å². The Balaban J connectivity index is 1.34. The van der Waals surface area contributed by atoms with Gasteiger partial charge in [0.1, 0.15) is 11.8 Å². The van der Waals surface area contributed by atoms with E-state index in [1.165, 1.54) is 4.31 Å². The number of furan rings is 1. The second-order valence-electron chi connectivity index (χ2n) is 10.8. The van der Waals surface area contributed by atoms with Crippen LogP contribution < -0.4 is 5.32 Å². The number of nitrogens with zero attached hydrogens (tertiary/aromatic N) is 2. The van der Waals surface area contributed by atoms with E-state index in [4.69, 9.17) is 4.42 Å². The quantitative estimate of drug-likeness (QED) is 0.234. The van der Waals surface area contributed by atoms with Gasteiger partial charge in [0, 0.05) is 32.5 Å². The molecule has 2 heterocycles. The molecule has 1 saturated heterocycles. The molecule has 2 amide bonds. The van der Waals surface area contributed by atoms with E-state index in [1.54, 1.807) is 47.6 Å². The molecule has 3 aromatic carbocycles. The van der Waals surface area contributed by atoms with Crippen molar-refractivity contribution >= 4 is 21.8 Å². The molecule has 8 nitrogen and oxygen atoms in total. The maximum Gasteiger partial charge on any atom is 0.243 e. The molecule has 1 unspecified atom stereocenters. The lowest BCUT2D eigenvalue weighted by molar-refractivity contribution is -0.141. The Labute approximate surface area is 253 Å². The largest absolute Gasteiger partial charge is 0.467 e. The van der Waals surface area contributed by atoms with Gasteiger partial charge in [-0.25, -0.2) is 8.42 Å². The van der Waals surface area contributed by atoms with Crippen molar-refractivity contribution < 1.29 is 22.4 Å². The van der Waals surface area contributed by atoms with Gasteiger partial charge in [0.15, 0.2) is 0 Å². The summed E-state index contributed by atoms with van der Waals surface area (Å²) in [6, 6.07) is 28.9. The molecule has 9 heteroatoms. The molecular formula is C34H37N3O5S. The first kappa shape index (κ1) is 30.3. The first-order valence-electron chi connectivity index (χ1n) is 14.7. The lowest BCUT2D eigenvalue weighted by atomic mass is 10.0. The molecule has 0 aliphatic carbocycles. The zero-order chi connectivity index (χ0) is 30.1. The minimum atomic E-state index is -3.50. The van der Waals surface area contributed by atoms with E-state index in [1.807, 2.05) is 60.7 Å². The summed E-state index contributed by atoms with van der Waals surface area (Å²) in [5.41, 5.74) is 2.72. The lowest BCUT2D eigenvalue weighted by Crippen LogP contribution is -2.50. The second kappa shape index (κ2) is 14.3. The van der Waals surface area contributed by atoms with Crippen LogP contribution in [0, 0.1) is 0 Å². The number of carbonyl (C=O) groups is 2. The molecule has 1 aromatic heterocycles. The normalized spacial score (nSPS) is 14.3. The molecule has 1 aliphatic heterocycles. The van der Waals surface area contributed by atoms with E-state index in [9.17, 15) is 18.0 Å². The van der Waals surface area contributed by atoms with Gasteiger partial charge < -0.3 is 14.6 Å². The van der Waals surface area contributed by atoms with Crippen LogP contribution in [0.25, 0.3) is 0 Å². The molecule has 1 atom stereocenters. The van der Waals surface area contributed by atoms with Crippen molar-refractivity contribution in [1.29, 1.82) is 0 Å². The smallest absolute Gasteiger partial charge is 0.243 e. The van der Waals surface area contributed by atoms with E-state index in [0.717, 1.165) is 29.5 Å². The number of hydrogen-bond donors (Lipinski definition) is 1. The molecule has 0 spiro atoms. The standard InChI is InChI=1S/C34H37N3O5S/c38-33(20-17-27-15-18-31(19-16-27)43(40,41)36-21-7-8-22-36)37(26-29-12-5-2-6-13-29)32(24-28-10-3-1-4-11-28)34(39)35-25-30-14-9-23-42-30/h1-6,9-16,18-19,23,32H,7-8,17,20-22,24-26H2,(H,35,39). The zero-order valence-electron chi connectivity index (χ0n) is 24.1. The first-order valence-corrected chi connectivity index (χ1v) is 16.1. The monoisotopic (exact) mass is 599 g/mol. The summed E-state index contributed by atoms with van der Waals surface area (Å²) in [5.74, 6) is 0.204. The van der Waals surface area contributed by atoms with Crippen LogP contribution in [-0.2, 0) is 45.5 Å². The van der Waals surface area contributed by atoms with E-state index < -0.39 is 16.1 Å². The predicted molar refractivity (Wildman–Crippen MR) is 164 cm³/mol. The van der Waals surface area contributed by atoms with Crippen LogP contribution in [0.2, 0.25) is 0 Å². The van der Waals surface area contributed by atoms with Crippen molar-refractivity contribution in [2.24, 2.45) is 0 Å². The summed E-state index contributed by atoms with van der Waals surface area (Å²) >= 11 is 0. The van der Waals surface area contributed by atoms with Crippen LogP contribution in [0.4, 0.5) is 0 Å². The molecule has 0 bridgehead atoms. The highest BCUT2D eigenvalue weighted by Gasteiger charge is 2.31. The summed E-state index contributed by atoms with van der Waals surface area (Å²) in [6.45, 7) is 1.60. The molecule has 224 valence electrons. The van der Waals surface area contributed by atoms with Crippen LogP contribution in [0.15, 0.2) is 113 Å². The number of benzene rings is 3. The summed E-state index contributed by atoms with van der Waals surface area (Å²) in [4.78, 5) is 29.5. The van der Waals surface area contributed by atoms with Gasteiger partial charge in [-0.05, 0) is 60.2 Å². The molecule has 4 aromatic rings. The van der Waals surface area contributed by atoms with E-state index in [0.29, 0.717) is 31.7 Å². The van der Waals surface area contributed by atoms with Crippen LogP contribution in [0.3, 0.4) is 0 Å². The third-order valence-corrected chi connectivity index (χ3v) is 9.65. The molecule has 0 radical (unpaired) electrons. The minimum Gasteiger partial charge on any atom is -0.467 e. The SMILES string of the molecule is O=C(NCc1ccco1)C(Cc1ccccc1)N(Cc1ccccc1)C(=O)CCc1ccc(S(=O)(=O)N2CCCC2)cc1. The molecule has 1 N–H and O–H groups in total. The fraction of sp³-hybridized carbons (Fsp3) is 0.294. The van der Waals surface area contributed by atoms with Crippen molar-refractivity contribution in [3.63, 3.8) is 0 Å². The van der Waals surface area contributed by atoms with Crippen molar-refractivity contribution in [2.45, 2.75) is 56.1 Å². The van der Waals surface area contributed by atoms with Gasteiger partial charge in [-0.15, -0.1) is 0 Å². The summed E-state index contributed by atoms with van der Waals surface area (Å²) < 4.78 is 32.7. The maximum atomic E-state index is 13.9. The molecular weight excluding hydrogens is 562 g/mol. The zero-order valence-corrected chi connectivity index (χ0v) is 24.9. The number of carbonyl (C=O) groups excluding carboxylic acids is 2. The minimum absolute atomic E-state index is 0.160. The number of rotatable bonds is 13. The number of hydrogen-bond acceptors (Lipinski definition) is 5. The Morgan fingerprint density at radius 1 is 0.814 bits per heavy atom. The summed E-state index contributed by atoms with van der Waals surface area (Å²) in [7, 11) is -3.50. The number of nitrogens with one attached hydrogen (secondary N) is 1. The Hall–Kier alpha value is -4.21. The second-order valence-corrected chi connectivity index (χ2v) is 12.7. The predicted octanol–water partition coefficient (Wildman–Crippen LogP) is 4.95. The number of sulfonamides is 1. The molecule has 1 aliphatic rings. The van der Waals surface area contributed by atoms with Gasteiger partial charge in [0.2, 0.25) is 21.8 Å². The fourth-order valence-corrected chi connectivity index (χ4v) is 6.86. The highest BCUT2D eigenvalue weighted by molar-refractivity contribution is 7.89. The van der Waals surface area contributed by atoms with Crippen molar-refractivity contribution in [1.82, 2.24) is 14.5 Å². The fourth-order valence-electron chi connectivity index (χ4n) is 5.34. The Morgan fingerprint density at radius 2 is 1.47 bits per heavy atom. The van der Waals surface area contributed by atoms with Gasteiger partial charge >= 0.3 is 0 Å². The van der Waals surface area contributed by atoms with Gasteiger partial charge in [0.25, 0.3) is 0 Å². The highest BCUT2D eigenvalue weighted by atomic mass is 32.2. The summed E-state index contributed by atoms with van der Waals surface area (Å²) in [5, 5.41) is 2.96. The lowest BCUT2D eigenvalue weighted by Gasteiger charge is -2.31. The van der Waals surface area contributed by atoms with Crippen LogP contribution >= 0.6 is 0 Å². The average molecular weight is 600 g/mol. The third-order valence-electron chi connectivity index (χ3n) is 7.74. The molecule has 1 fully saturated rings. The van der Waals surface area contributed by atoms with Crippen molar-refractivity contribution in [2.75, 3.05) is 13.1 Å². The van der Waals surface area contributed by atoms with E-state index >= 15 is 0 Å². The van der Waals surface area contributed by atoms with Crippen molar-refractivity contribution in [3.05, 3.63) is 126 Å². The molecule has 0 saturated carbocycles. The Bertz CT molecular complexity index is 1570. The third kappa shape index (κ3) is 8.00. The van der Waals surface area contributed by atoms with Gasteiger partial charge in [-0.3, -0.25) is 9.59 Å². The number of amides is 2. The van der Waals surface area contributed by atoms with Gasteiger partial charge in [-0.1, -0.05) is 72.8 Å². The van der Waals surface area contributed by atoms with E-state index in [2.05, 4.69) is 5.32 Å². The first-order chi connectivity index (χ1) is 20.9. The van der Waals surface area contributed by atoms with E-state index in [-0.39, 0.29) is 36.2 Å². The van der Waals surface area contributed by atoms with Crippen LogP contribution in [0.5, 0.6) is 0 Å². The molecule has 43 heavy (non-hydrogen) atoms.